The third kappa shape index (κ3) is 4.20. The van der Waals surface area contributed by atoms with Crippen LogP contribution in [0.15, 0.2) is 36.4 Å². The first-order chi connectivity index (χ1) is 13.2. The molecule has 1 heterocycles. The van der Waals surface area contributed by atoms with E-state index < -0.39 is 5.97 Å². The summed E-state index contributed by atoms with van der Waals surface area (Å²) in [4.78, 5) is 15.6. The van der Waals surface area contributed by atoms with Gasteiger partial charge < -0.3 is 5.11 Å². The molecule has 28 heavy (non-hydrogen) atoms. The number of aliphatic carboxylic acids is 1. The van der Waals surface area contributed by atoms with Gasteiger partial charge in [-0.2, -0.15) is 0 Å². The highest BCUT2D eigenvalue weighted by Gasteiger charge is 2.22. The van der Waals surface area contributed by atoms with Crippen LogP contribution in [-0.4, -0.2) is 16.1 Å². The molecule has 1 N–H and O–H groups in total. The molecular formula is C19H9Cl6NO2. The highest BCUT2D eigenvalue weighted by molar-refractivity contribution is 6.47. The molecule has 0 atom stereocenters. The Kier molecular flexibility index (Phi) is 6.65. The van der Waals surface area contributed by atoms with E-state index in [1.54, 1.807) is 36.4 Å². The van der Waals surface area contributed by atoms with Crippen LogP contribution in [0.5, 0.6) is 0 Å². The molecule has 3 rings (SSSR count). The zero-order chi connectivity index (χ0) is 20.6. The van der Waals surface area contributed by atoms with Gasteiger partial charge in [0.1, 0.15) is 0 Å². The zero-order valence-corrected chi connectivity index (χ0v) is 18.3. The summed E-state index contributed by atoms with van der Waals surface area (Å²) in [5.41, 5.74) is 1.84. The van der Waals surface area contributed by atoms with Crippen LogP contribution in [0.1, 0.15) is 5.69 Å². The number of benzene rings is 2. The van der Waals surface area contributed by atoms with Crippen LogP contribution >= 0.6 is 69.6 Å². The van der Waals surface area contributed by atoms with Gasteiger partial charge in [0.15, 0.2) is 0 Å². The summed E-state index contributed by atoms with van der Waals surface area (Å²) in [6.45, 7) is 0. The predicted octanol–water partition coefficient (Wildman–Crippen LogP) is 7.96. The van der Waals surface area contributed by atoms with Crippen molar-refractivity contribution in [2.45, 2.75) is 6.42 Å². The molecule has 9 heteroatoms. The van der Waals surface area contributed by atoms with Crippen LogP contribution < -0.4 is 0 Å². The molecule has 3 aromatic rings. The lowest BCUT2D eigenvalue weighted by molar-refractivity contribution is -0.136. The second kappa shape index (κ2) is 8.66. The minimum Gasteiger partial charge on any atom is -0.481 e. The molecular weight excluding hydrogens is 487 g/mol. The molecule has 0 saturated carbocycles. The van der Waals surface area contributed by atoms with Crippen molar-refractivity contribution in [1.29, 1.82) is 0 Å². The fraction of sp³-hybridized carbons (Fsp3) is 0.0526. The first-order valence-electron chi connectivity index (χ1n) is 7.70. The quantitative estimate of drug-likeness (QED) is 0.373. The Labute approximate surface area is 190 Å². The molecule has 0 unspecified atom stereocenters. The summed E-state index contributed by atoms with van der Waals surface area (Å²) in [5, 5.41) is 10.7. The van der Waals surface area contributed by atoms with E-state index in [9.17, 15) is 4.79 Å². The van der Waals surface area contributed by atoms with Crippen molar-refractivity contribution in [2.75, 3.05) is 0 Å². The normalized spacial score (nSPS) is 10.9. The number of rotatable bonds is 4. The van der Waals surface area contributed by atoms with Crippen molar-refractivity contribution < 1.29 is 9.90 Å². The second-order valence-electron chi connectivity index (χ2n) is 5.71. The van der Waals surface area contributed by atoms with E-state index in [1.807, 2.05) is 0 Å². The van der Waals surface area contributed by atoms with E-state index in [0.29, 0.717) is 38.1 Å². The molecule has 0 amide bonds. The highest BCUT2D eigenvalue weighted by atomic mass is 35.5. The summed E-state index contributed by atoms with van der Waals surface area (Å²) in [5.74, 6) is -1.03. The number of nitrogens with zero attached hydrogens (tertiary/aromatic N) is 1. The molecule has 144 valence electrons. The monoisotopic (exact) mass is 493 g/mol. The fourth-order valence-corrected chi connectivity index (χ4v) is 4.10. The summed E-state index contributed by atoms with van der Waals surface area (Å²) < 4.78 is 0. The van der Waals surface area contributed by atoms with Gasteiger partial charge in [-0.25, -0.2) is 0 Å². The van der Waals surface area contributed by atoms with Gasteiger partial charge in [-0.3, -0.25) is 9.78 Å². The highest BCUT2D eigenvalue weighted by Crippen LogP contribution is 2.46. The van der Waals surface area contributed by atoms with Crippen molar-refractivity contribution >= 4 is 75.6 Å². The molecule has 1 aromatic heterocycles. The van der Waals surface area contributed by atoms with Gasteiger partial charge >= 0.3 is 5.97 Å². The number of carboxylic acids is 1. The average Bonchev–Trinajstić information content (AvgIpc) is 2.63. The van der Waals surface area contributed by atoms with Gasteiger partial charge in [-0.15, -0.1) is 0 Å². The molecule has 3 nitrogen and oxygen atoms in total. The molecule has 2 aromatic carbocycles. The van der Waals surface area contributed by atoms with Gasteiger partial charge in [0.25, 0.3) is 0 Å². The van der Waals surface area contributed by atoms with Crippen LogP contribution in [0, 0.1) is 0 Å². The number of aromatic nitrogens is 1. The standard InChI is InChI=1S/C19H9Cl6NO2/c20-10-3-5-12(22)17(24)15(10)9-2-1-8(7-14(27)28)26-19(9)16-11(21)4-6-13(23)18(16)25/h1-6H,7H2,(H,27,28). The van der Waals surface area contributed by atoms with E-state index in [1.165, 1.54) is 0 Å². The van der Waals surface area contributed by atoms with Crippen molar-refractivity contribution in [1.82, 2.24) is 4.98 Å². The van der Waals surface area contributed by atoms with Crippen molar-refractivity contribution in [2.24, 2.45) is 0 Å². The van der Waals surface area contributed by atoms with Crippen LogP contribution in [-0.2, 0) is 11.2 Å². The van der Waals surface area contributed by atoms with E-state index in [2.05, 4.69) is 4.98 Å². The van der Waals surface area contributed by atoms with E-state index in [4.69, 9.17) is 74.7 Å². The van der Waals surface area contributed by atoms with Gasteiger partial charge in [0, 0.05) is 16.7 Å². The minimum atomic E-state index is -1.03. The zero-order valence-electron chi connectivity index (χ0n) is 13.7. The fourth-order valence-electron chi connectivity index (χ4n) is 2.66. The number of hydrogen-bond acceptors (Lipinski definition) is 2. The van der Waals surface area contributed by atoms with Crippen LogP contribution in [0.3, 0.4) is 0 Å². The molecule has 0 fully saturated rings. The van der Waals surface area contributed by atoms with Gasteiger partial charge in [-0.05, 0) is 30.3 Å². The maximum atomic E-state index is 11.1. The van der Waals surface area contributed by atoms with Crippen LogP contribution in [0.2, 0.25) is 30.1 Å². The topological polar surface area (TPSA) is 50.2 Å². The lowest BCUT2D eigenvalue weighted by Crippen LogP contribution is -2.04. The Balaban J connectivity index is 2.39. The molecule has 0 radical (unpaired) electrons. The number of halogens is 6. The molecule has 0 bridgehead atoms. The van der Waals surface area contributed by atoms with E-state index in [0.717, 1.165) is 0 Å². The Morgan fingerprint density at radius 1 is 0.750 bits per heavy atom. The molecule has 0 spiro atoms. The second-order valence-corrected chi connectivity index (χ2v) is 8.09. The maximum Gasteiger partial charge on any atom is 0.309 e. The van der Waals surface area contributed by atoms with Gasteiger partial charge in [-0.1, -0.05) is 75.7 Å². The third-order valence-corrected chi connectivity index (χ3v) is 6.12. The Bertz CT molecular complexity index is 1100. The Morgan fingerprint density at radius 2 is 1.25 bits per heavy atom. The lowest BCUT2D eigenvalue weighted by atomic mass is 9.98. The minimum absolute atomic E-state index is 0.171. The maximum absolute atomic E-state index is 11.1. The Hall–Kier alpha value is -1.20. The molecule has 0 aliphatic carbocycles. The van der Waals surface area contributed by atoms with Crippen molar-refractivity contribution in [3.05, 3.63) is 72.2 Å². The largest absolute Gasteiger partial charge is 0.481 e. The molecule has 0 aliphatic rings. The van der Waals surface area contributed by atoms with Crippen LogP contribution in [0.4, 0.5) is 0 Å². The summed E-state index contributed by atoms with van der Waals surface area (Å²) in [7, 11) is 0. The average molecular weight is 496 g/mol. The summed E-state index contributed by atoms with van der Waals surface area (Å²) in [6.07, 6.45) is -0.292. The first kappa shape index (κ1) is 21.5. The predicted molar refractivity (Wildman–Crippen MR) is 117 cm³/mol. The molecule has 0 aliphatic heterocycles. The third-order valence-electron chi connectivity index (χ3n) is 3.88. The smallest absolute Gasteiger partial charge is 0.309 e. The van der Waals surface area contributed by atoms with E-state index in [-0.39, 0.29) is 26.5 Å². The molecule has 0 saturated heterocycles. The number of carboxylic acid groups (broad SMARTS) is 1. The summed E-state index contributed by atoms with van der Waals surface area (Å²) >= 11 is 37.9. The van der Waals surface area contributed by atoms with Gasteiger partial charge in [0.05, 0.1) is 47.9 Å². The number of carbonyl (C=O) groups is 1. The van der Waals surface area contributed by atoms with Crippen LogP contribution in [0.25, 0.3) is 22.4 Å². The SMILES string of the molecule is O=C(O)Cc1ccc(-c2c(Cl)ccc(Cl)c2Cl)c(-c2c(Cl)ccc(Cl)c2Cl)n1. The van der Waals surface area contributed by atoms with Crippen molar-refractivity contribution in [3.63, 3.8) is 0 Å². The number of pyridine rings is 1. The van der Waals surface area contributed by atoms with Gasteiger partial charge in [0.2, 0.25) is 0 Å². The van der Waals surface area contributed by atoms with Crippen molar-refractivity contribution in [3.8, 4) is 22.4 Å². The first-order valence-corrected chi connectivity index (χ1v) is 9.97. The summed E-state index contributed by atoms with van der Waals surface area (Å²) in [6, 6.07) is 9.50. The van der Waals surface area contributed by atoms with E-state index >= 15 is 0 Å². The number of hydrogen-bond donors (Lipinski definition) is 1. The lowest BCUT2D eigenvalue weighted by Gasteiger charge is -2.16. The Morgan fingerprint density at radius 3 is 1.82 bits per heavy atom.